The van der Waals surface area contributed by atoms with E-state index in [9.17, 15) is 9.59 Å². The van der Waals surface area contributed by atoms with Crippen LogP contribution >= 0.6 is 0 Å². The molecule has 1 amide bonds. The lowest BCUT2D eigenvalue weighted by Gasteiger charge is -2.26. The average Bonchev–Trinajstić information content (AvgIpc) is 2.41. The molecule has 1 N–H and O–H groups in total. The Bertz CT molecular complexity index is 311. The zero-order valence-corrected chi connectivity index (χ0v) is 12.6. The quantitative estimate of drug-likeness (QED) is 0.742. The Morgan fingerprint density at radius 3 is 2.45 bits per heavy atom. The average molecular weight is 285 g/mol. The van der Waals surface area contributed by atoms with Crippen molar-refractivity contribution in [1.82, 2.24) is 4.90 Å². The highest BCUT2D eigenvalue weighted by Crippen LogP contribution is 2.20. The fourth-order valence-corrected chi connectivity index (χ4v) is 2.51. The third-order valence-corrected chi connectivity index (χ3v) is 3.64. The third-order valence-electron chi connectivity index (χ3n) is 3.64. The topological polar surface area (TPSA) is 66.8 Å². The van der Waals surface area contributed by atoms with Gasteiger partial charge in [-0.2, -0.15) is 0 Å². The number of carbonyl (C=O) groups is 2. The van der Waals surface area contributed by atoms with Gasteiger partial charge in [0.1, 0.15) is 0 Å². The predicted octanol–water partition coefficient (Wildman–Crippen LogP) is 2.15. The standard InChI is InChI=1S/C15H27NO4/c1-12(2)11-16(8-5-15(18)19)14(17)4-3-13-6-9-20-10-7-13/h12-13H,3-11H2,1-2H3,(H,18,19). The predicted molar refractivity (Wildman–Crippen MR) is 76.4 cm³/mol. The van der Waals surface area contributed by atoms with E-state index in [0.29, 0.717) is 31.3 Å². The van der Waals surface area contributed by atoms with Crippen LogP contribution in [-0.2, 0) is 14.3 Å². The minimum atomic E-state index is -0.851. The van der Waals surface area contributed by atoms with Crippen LogP contribution in [0.2, 0.25) is 0 Å². The van der Waals surface area contributed by atoms with Crippen LogP contribution in [0.15, 0.2) is 0 Å². The van der Waals surface area contributed by atoms with Crippen LogP contribution in [0, 0.1) is 11.8 Å². The lowest BCUT2D eigenvalue weighted by molar-refractivity contribution is -0.138. The second kappa shape index (κ2) is 8.95. The van der Waals surface area contributed by atoms with Gasteiger partial charge >= 0.3 is 5.97 Å². The van der Waals surface area contributed by atoms with Crippen molar-refractivity contribution < 1.29 is 19.4 Å². The zero-order valence-electron chi connectivity index (χ0n) is 12.6. The maximum absolute atomic E-state index is 12.2. The van der Waals surface area contributed by atoms with Gasteiger partial charge in [-0.05, 0) is 31.1 Å². The fourth-order valence-electron chi connectivity index (χ4n) is 2.51. The van der Waals surface area contributed by atoms with Crippen molar-refractivity contribution in [3.8, 4) is 0 Å². The summed E-state index contributed by atoms with van der Waals surface area (Å²) >= 11 is 0. The van der Waals surface area contributed by atoms with Crippen LogP contribution < -0.4 is 0 Å². The van der Waals surface area contributed by atoms with E-state index in [4.69, 9.17) is 9.84 Å². The van der Waals surface area contributed by atoms with E-state index in [1.54, 1.807) is 4.90 Å². The summed E-state index contributed by atoms with van der Waals surface area (Å²) < 4.78 is 5.31. The van der Waals surface area contributed by atoms with E-state index in [2.05, 4.69) is 0 Å². The molecule has 0 aromatic carbocycles. The summed E-state index contributed by atoms with van der Waals surface area (Å²) in [6.45, 7) is 6.64. The molecule has 1 aliphatic rings. The Hall–Kier alpha value is -1.10. The van der Waals surface area contributed by atoms with Gasteiger partial charge in [0.2, 0.25) is 5.91 Å². The number of carboxylic acid groups (broad SMARTS) is 1. The van der Waals surface area contributed by atoms with Crippen molar-refractivity contribution in [2.45, 2.75) is 46.0 Å². The molecule has 0 aromatic heterocycles. The van der Waals surface area contributed by atoms with Crippen LogP contribution in [-0.4, -0.2) is 48.2 Å². The van der Waals surface area contributed by atoms with E-state index in [1.165, 1.54) is 0 Å². The fraction of sp³-hybridized carbons (Fsp3) is 0.867. The van der Waals surface area contributed by atoms with E-state index < -0.39 is 5.97 Å². The molecule has 1 rings (SSSR count). The summed E-state index contributed by atoms with van der Waals surface area (Å²) in [5.41, 5.74) is 0. The molecule has 0 radical (unpaired) electrons. The van der Waals surface area contributed by atoms with Crippen LogP contribution in [0.5, 0.6) is 0 Å². The molecule has 20 heavy (non-hydrogen) atoms. The number of ether oxygens (including phenoxy) is 1. The first-order chi connectivity index (χ1) is 9.49. The number of carbonyl (C=O) groups excluding carboxylic acids is 1. The molecule has 1 heterocycles. The Kier molecular flexibility index (Phi) is 7.59. The van der Waals surface area contributed by atoms with Crippen molar-refractivity contribution in [3.05, 3.63) is 0 Å². The minimum absolute atomic E-state index is 0.0235. The highest BCUT2D eigenvalue weighted by molar-refractivity contribution is 5.77. The first-order valence-corrected chi connectivity index (χ1v) is 7.56. The van der Waals surface area contributed by atoms with Crippen LogP contribution in [0.4, 0.5) is 0 Å². The highest BCUT2D eigenvalue weighted by atomic mass is 16.5. The van der Waals surface area contributed by atoms with Crippen molar-refractivity contribution in [3.63, 3.8) is 0 Å². The third kappa shape index (κ3) is 6.89. The molecule has 0 unspecified atom stereocenters. The molecule has 0 aliphatic carbocycles. The van der Waals surface area contributed by atoms with Gasteiger partial charge in [0.05, 0.1) is 6.42 Å². The normalized spacial score (nSPS) is 16.4. The molecule has 5 nitrogen and oxygen atoms in total. The van der Waals surface area contributed by atoms with Gasteiger partial charge in [-0.1, -0.05) is 13.8 Å². The zero-order chi connectivity index (χ0) is 15.0. The van der Waals surface area contributed by atoms with E-state index in [0.717, 1.165) is 32.5 Å². The summed E-state index contributed by atoms with van der Waals surface area (Å²) in [6.07, 6.45) is 3.51. The second-order valence-electron chi connectivity index (χ2n) is 5.97. The van der Waals surface area contributed by atoms with Gasteiger partial charge in [-0.15, -0.1) is 0 Å². The molecule has 116 valence electrons. The van der Waals surface area contributed by atoms with Crippen LogP contribution in [0.3, 0.4) is 0 Å². The number of aliphatic carboxylic acids is 1. The lowest BCUT2D eigenvalue weighted by Crippen LogP contribution is -2.36. The number of hydrogen-bond acceptors (Lipinski definition) is 3. The summed E-state index contributed by atoms with van der Waals surface area (Å²) in [4.78, 5) is 24.6. The van der Waals surface area contributed by atoms with Gasteiger partial charge in [0.15, 0.2) is 0 Å². The van der Waals surface area contributed by atoms with Crippen molar-refractivity contribution in [2.75, 3.05) is 26.3 Å². The summed E-state index contributed by atoms with van der Waals surface area (Å²) in [5.74, 6) is 0.173. The monoisotopic (exact) mass is 285 g/mol. The Balaban J connectivity index is 2.38. The van der Waals surface area contributed by atoms with Gasteiger partial charge < -0.3 is 14.7 Å². The van der Waals surface area contributed by atoms with Gasteiger partial charge in [-0.25, -0.2) is 0 Å². The highest BCUT2D eigenvalue weighted by Gasteiger charge is 2.19. The first kappa shape index (κ1) is 17.0. The summed E-state index contributed by atoms with van der Waals surface area (Å²) in [5, 5.41) is 8.76. The number of nitrogens with zero attached hydrogens (tertiary/aromatic N) is 1. The van der Waals surface area contributed by atoms with E-state index in [-0.39, 0.29) is 12.3 Å². The molecule has 5 heteroatoms. The summed E-state index contributed by atoms with van der Waals surface area (Å²) in [6, 6.07) is 0. The Labute approximate surface area is 121 Å². The molecule has 0 atom stereocenters. The number of amides is 1. The van der Waals surface area contributed by atoms with Gasteiger partial charge in [0, 0.05) is 32.7 Å². The molecular formula is C15H27NO4. The Morgan fingerprint density at radius 2 is 1.90 bits per heavy atom. The maximum Gasteiger partial charge on any atom is 0.305 e. The minimum Gasteiger partial charge on any atom is -0.481 e. The number of rotatable bonds is 8. The molecule has 1 saturated heterocycles. The largest absolute Gasteiger partial charge is 0.481 e. The SMILES string of the molecule is CC(C)CN(CCC(=O)O)C(=O)CCC1CCOCC1. The first-order valence-electron chi connectivity index (χ1n) is 7.56. The number of hydrogen-bond donors (Lipinski definition) is 1. The van der Waals surface area contributed by atoms with Crippen molar-refractivity contribution >= 4 is 11.9 Å². The second-order valence-corrected chi connectivity index (χ2v) is 5.97. The van der Waals surface area contributed by atoms with Gasteiger partial charge in [-0.3, -0.25) is 9.59 Å². The van der Waals surface area contributed by atoms with Crippen LogP contribution in [0.1, 0.15) is 46.0 Å². The molecule has 0 bridgehead atoms. The summed E-state index contributed by atoms with van der Waals surface area (Å²) in [7, 11) is 0. The maximum atomic E-state index is 12.2. The van der Waals surface area contributed by atoms with Gasteiger partial charge in [0.25, 0.3) is 0 Å². The molecular weight excluding hydrogens is 258 g/mol. The van der Waals surface area contributed by atoms with E-state index in [1.807, 2.05) is 13.8 Å². The van der Waals surface area contributed by atoms with Crippen LogP contribution in [0.25, 0.3) is 0 Å². The molecule has 0 saturated carbocycles. The number of carboxylic acids is 1. The molecule has 0 spiro atoms. The lowest BCUT2D eigenvalue weighted by atomic mass is 9.94. The smallest absolute Gasteiger partial charge is 0.305 e. The Morgan fingerprint density at radius 1 is 1.25 bits per heavy atom. The van der Waals surface area contributed by atoms with Crippen molar-refractivity contribution in [1.29, 1.82) is 0 Å². The molecule has 1 aliphatic heterocycles. The van der Waals surface area contributed by atoms with E-state index >= 15 is 0 Å². The molecule has 0 aromatic rings. The van der Waals surface area contributed by atoms with Crippen molar-refractivity contribution in [2.24, 2.45) is 11.8 Å². The molecule has 1 fully saturated rings.